The molecule has 1 aliphatic heterocycles. The minimum Gasteiger partial charge on any atom is -0.497 e. The van der Waals surface area contributed by atoms with Gasteiger partial charge in [-0.2, -0.15) is 4.31 Å². The van der Waals surface area contributed by atoms with Crippen molar-refractivity contribution in [3.05, 3.63) is 36.0 Å². The van der Waals surface area contributed by atoms with E-state index in [1.54, 1.807) is 31.2 Å². The van der Waals surface area contributed by atoms with Crippen molar-refractivity contribution in [3.8, 4) is 5.75 Å². The lowest BCUT2D eigenvalue weighted by molar-refractivity contribution is 0.297. The highest BCUT2D eigenvalue weighted by Gasteiger charge is 2.42. The van der Waals surface area contributed by atoms with Crippen LogP contribution in [0.3, 0.4) is 0 Å². The van der Waals surface area contributed by atoms with Crippen LogP contribution in [0.25, 0.3) is 0 Å². The Morgan fingerprint density at radius 3 is 2.69 bits per heavy atom. The predicted molar refractivity (Wildman–Crippen MR) is 95.6 cm³/mol. The van der Waals surface area contributed by atoms with Crippen LogP contribution in [-0.4, -0.2) is 68.7 Å². The minimum atomic E-state index is -3.63. The van der Waals surface area contributed by atoms with Gasteiger partial charge in [0.15, 0.2) is 0 Å². The van der Waals surface area contributed by atoms with E-state index in [2.05, 4.69) is 10.2 Å². The van der Waals surface area contributed by atoms with Crippen molar-refractivity contribution >= 4 is 10.0 Å². The number of benzene rings is 1. The summed E-state index contributed by atoms with van der Waals surface area (Å²) in [7, 11) is 1.82. The van der Waals surface area contributed by atoms with Gasteiger partial charge in [0, 0.05) is 32.6 Å². The topological polar surface area (TPSA) is 88.8 Å². The monoisotopic (exact) mass is 380 g/mol. The van der Waals surface area contributed by atoms with Crippen LogP contribution < -0.4 is 4.74 Å². The Balaban J connectivity index is 1.90. The van der Waals surface area contributed by atoms with E-state index < -0.39 is 10.0 Å². The molecule has 9 heteroatoms. The summed E-state index contributed by atoms with van der Waals surface area (Å²) in [6, 6.07) is 6.53. The molecule has 0 saturated carbocycles. The first kappa shape index (κ1) is 18.8. The number of nitrogens with zero attached hydrogens (tertiary/aromatic N) is 4. The van der Waals surface area contributed by atoms with Crippen molar-refractivity contribution in [3.63, 3.8) is 0 Å². The van der Waals surface area contributed by atoms with Crippen molar-refractivity contribution < 1.29 is 17.6 Å². The van der Waals surface area contributed by atoms with Crippen LogP contribution in [-0.2, 0) is 10.0 Å². The lowest BCUT2D eigenvalue weighted by Crippen LogP contribution is -2.30. The number of rotatable bonds is 6. The smallest absolute Gasteiger partial charge is 0.243 e. The lowest BCUT2D eigenvalue weighted by atomic mass is 9.96. The van der Waals surface area contributed by atoms with E-state index in [0.29, 0.717) is 30.6 Å². The summed E-state index contributed by atoms with van der Waals surface area (Å²) in [4.78, 5) is 2.27. The molecule has 1 aromatic heterocycles. The average Bonchev–Trinajstić information content (AvgIpc) is 3.21. The number of hydrogen-bond acceptors (Lipinski definition) is 7. The summed E-state index contributed by atoms with van der Waals surface area (Å²) in [5, 5.41) is 8.02. The van der Waals surface area contributed by atoms with Gasteiger partial charge >= 0.3 is 0 Å². The maximum absolute atomic E-state index is 13.1. The largest absolute Gasteiger partial charge is 0.497 e. The summed E-state index contributed by atoms with van der Waals surface area (Å²) in [5.74, 6) is 1.44. The summed E-state index contributed by atoms with van der Waals surface area (Å²) < 4.78 is 38.5. The molecule has 8 nitrogen and oxygen atoms in total. The van der Waals surface area contributed by atoms with Crippen LogP contribution in [0.4, 0.5) is 0 Å². The molecule has 0 unspecified atom stereocenters. The maximum atomic E-state index is 13.1. The fourth-order valence-electron chi connectivity index (χ4n) is 3.33. The highest BCUT2D eigenvalue weighted by atomic mass is 32.2. The van der Waals surface area contributed by atoms with Crippen LogP contribution in [0.1, 0.15) is 17.7 Å². The molecule has 2 aromatic rings. The summed E-state index contributed by atoms with van der Waals surface area (Å²) in [6.07, 6.45) is 0. The third kappa shape index (κ3) is 3.74. The van der Waals surface area contributed by atoms with E-state index in [-0.39, 0.29) is 16.7 Å². The Labute approximate surface area is 153 Å². The van der Waals surface area contributed by atoms with Gasteiger partial charge in [0.1, 0.15) is 5.75 Å². The minimum absolute atomic E-state index is 0.0743. The quantitative estimate of drug-likeness (QED) is 0.747. The van der Waals surface area contributed by atoms with Gasteiger partial charge in [0.25, 0.3) is 0 Å². The standard InChI is InChI=1S/C17H24N4O4S/c1-12-18-19-17(25-12)16-11-21(10-13(16)9-20(2)3)26(22,23)15-7-5-6-14(8-15)24-4/h5-8,13,16H,9-11H2,1-4H3/t13-,16-/m0/s1. The Kier molecular flexibility index (Phi) is 5.31. The van der Waals surface area contributed by atoms with Gasteiger partial charge in [-0.3, -0.25) is 0 Å². The molecule has 2 heterocycles. The Bertz CT molecular complexity index is 865. The summed E-state index contributed by atoms with van der Waals surface area (Å²) in [6.45, 7) is 3.19. The SMILES string of the molecule is COc1cccc(S(=O)(=O)N2C[C@H](CN(C)C)[C@@H](c3nnc(C)o3)C2)c1. The van der Waals surface area contributed by atoms with Gasteiger partial charge < -0.3 is 14.1 Å². The van der Waals surface area contributed by atoms with Crippen molar-refractivity contribution in [2.75, 3.05) is 40.8 Å². The second-order valence-electron chi connectivity index (χ2n) is 6.79. The molecule has 3 rings (SSSR count). The van der Waals surface area contributed by atoms with E-state index in [1.165, 1.54) is 11.4 Å². The van der Waals surface area contributed by atoms with Crippen LogP contribution in [0, 0.1) is 12.8 Å². The van der Waals surface area contributed by atoms with Crippen LogP contribution in [0.2, 0.25) is 0 Å². The van der Waals surface area contributed by atoms with Gasteiger partial charge in [-0.15, -0.1) is 10.2 Å². The third-order valence-electron chi connectivity index (χ3n) is 4.55. The molecule has 0 spiro atoms. The van der Waals surface area contributed by atoms with E-state index >= 15 is 0 Å². The molecular formula is C17H24N4O4S. The predicted octanol–water partition coefficient (Wildman–Crippen LogP) is 1.35. The van der Waals surface area contributed by atoms with E-state index in [4.69, 9.17) is 9.15 Å². The normalized spacial score (nSPS) is 21.4. The highest BCUT2D eigenvalue weighted by molar-refractivity contribution is 7.89. The second kappa shape index (κ2) is 7.34. The van der Waals surface area contributed by atoms with Crippen molar-refractivity contribution in [1.82, 2.24) is 19.4 Å². The zero-order valence-corrected chi connectivity index (χ0v) is 16.2. The number of aryl methyl sites for hydroxylation is 1. The fraction of sp³-hybridized carbons (Fsp3) is 0.529. The molecule has 0 radical (unpaired) electrons. The molecule has 0 bridgehead atoms. The van der Waals surface area contributed by atoms with Gasteiger partial charge in [0.2, 0.25) is 21.8 Å². The van der Waals surface area contributed by atoms with Gasteiger partial charge in [0.05, 0.1) is 17.9 Å². The zero-order valence-electron chi connectivity index (χ0n) is 15.4. The molecule has 1 aliphatic rings. The van der Waals surface area contributed by atoms with Crippen molar-refractivity contribution in [2.24, 2.45) is 5.92 Å². The molecule has 0 N–H and O–H groups in total. The van der Waals surface area contributed by atoms with Gasteiger partial charge in [-0.25, -0.2) is 8.42 Å². The van der Waals surface area contributed by atoms with E-state index in [0.717, 1.165) is 6.54 Å². The molecular weight excluding hydrogens is 356 g/mol. The number of ether oxygens (including phenoxy) is 1. The summed E-state index contributed by atoms with van der Waals surface area (Å²) >= 11 is 0. The van der Waals surface area contributed by atoms with E-state index in [1.807, 2.05) is 19.0 Å². The number of hydrogen-bond donors (Lipinski definition) is 0. The molecule has 1 saturated heterocycles. The van der Waals surface area contributed by atoms with Crippen LogP contribution in [0.15, 0.2) is 33.6 Å². The number of aromatic nitrogens is 2. The molecule has 142 valence electrons. The number of sulfonamides is 1. The Morgan fingerprint density at radius 2 is 2.08 bits per heavy atom. The number of methoxy groups -OCH3 is 1. The van der Waals surface area contributed by atoms with Gasteiger partial charge in [-0.05, 0) is 32.1 Å². The van der Waals surface area contributed by atoms with Crippen LogP contribution >= 0.6 is 0 Å². The Morgan fingerprint density at radius 1 is 1.31 bits per heavy atom. The maximum Gasteiger partial charge on any atom is 0.243 e. The second-order valence-corrected chi connectivity index (χ2v) is 8.73. The zero-order chi connectivity index (χ0) is 18.9. The average molecular weight is 380 g/mol. The Hall–Kier alpha value is -1.97. The molecule has 0 aliphatic carbocycles. The van der Waals surface area contributed by atoms with Crippen LogP contribution in [0.5, 0.6) is 5.75 Å². The van der Waals surface area contributed by atoms with Crippen molar-refractivity contribution in [1.29, 1.82) is 0 Å². The first-order valence-electron chi connectivity index (χ1n) is 8.40. The summed E-state index contributed by atoms with van der Waals surface area (Å²) in [5.41, 5.74) is 0. The van der Waals surface area contributed by atoms with Crippen molar-refractivity contribution in [2.45, 2.75) is 17.7 Å². The first-order chi connectivity index (χ1) is 12.3. The molecule has 0 amide bonds. The lowest BCUT2D eigenvalue weighted by Gasteiger charge is -2.19. The molecule has 2 atom stereocenters. The first-order valence-corrected chi connectivity index (χ1v) is 9.84. The molecule has 1 fully saturated rings. The third-order valence-corrected chi connectivity index (χ3v) is 6.37. The van der Waals surface area contributed by atoms with Gasteiger partial charge in [-0.1, -0.05) is 6.07 Å². The molecule has 26 heavy (non-hydrogen) atoms. The fourth-order valence-corrected chi connectivity index (χ4v) is 4.89. The molecule has 1 aromatic carbocycles. The highest BCUT2D eigenvalue weighted by Crippen LogP contribution is 2.35. The van der Waals surface area contributed by atoms with E-state index in [9.17, 15) is 8.42 Å².